The molecule has 0 radical (unpaired) electrons. The van der Waals surface area contributed by atoms with Gasteiger partial charge in [0.15, 0.2) is 0 Å². The first-order chi connectivity index (χ1) is 5.81. The molecule has 0 aromatic heterocycles. The number of unbranched alkanes of at least 4 members (excludes halogenated alkanes) is 1. The third kappa shape index (κ3) is 49.5. The molecular weight excluding hydrogens is 246 g/mol. The molecule has 0 aliphatic heterocycles. The Kier molecular flexibility index (Phi) is 26.9. The Morgan fingerprint density at radius 3 is 1.80 bits per heavy atom. The van der Waals surface area contributed by atoms with Crippen LogP contribution in [0.15, 0.2) is 0 Å². The Balaban J connectivity index is -0.0000000770. The van der Waals surface area contributed by atoms with Crippen LogP contribution in [-0.2, 0) is 10.4 Å². The zero-order valence-electron chi connectivity index (χ0n) is 9.34. The summed E-state index contributed by atoms with van der Waals surface area (Å²) in [6.07, 6.45) is 2.32. The first kappa shape index (κ1) is 25.6. The first-order valence-corrected chi connectivity index (χ1v) is 5.10. The van der Waals surface area contributed by atoms with Crippen LogP contribution in [0.4, 0.5) is 0 Å². The van der Waals surface area contributed by atoms with Crippen LogP contribution in [0.1, 0.15) is 26.2 Å². The summed E-state index contributed by atoms with van der Waals surface area (Å²) >= 11 is 0. The molecule has 0 aliphatic rings. The molecule has 0 amide bonds. The third-order valence-electron chi connectivity index (χ3n) is 1.10. The van der Waals surface area contributed by atoms with E-state index < -0.39 is 16.5 Å². The summed E-state index contributed by atoms with van der Waals surface area (Å²) < 4.78 is 34.1. The molecule has 0 saturated heterocycles. The van der Waals surface area contributed by atoms with Crippen LogP contribution in [0, 0.1) is 0 Å². The fourth-order valence-corrected chi connectivity index (χ4v) is 0.531. The minimum atomic E-state index is -5.17. The van der Waals surface area contributed by atoms with E-state index in [1.54, 1.807) is 0 Å². The number of aliphatic hydroxyl groups excluding tert-OH is 2. The van der Waals surface area contributed by atoms with Gasteiger partial charge in [0, 0.05) is 10.4 Å². The fraction of sp³-hybridized carbons (Fsp3) is 1.00. The van der Waals surface area contributed by atoms with E-state index in [-0.39, 0.29) is 65.7 Å². The SMILES string of the molecule is CCCCC(O)CO.O=S(=O)([O-])[O-].[Na+].[Na+]. The second kappa shape index (κ2) is 15.8. The van der Waals surface area contributed by atoms with E-state index in [9.17, 15) is 0 Å². The number of aliphatic hydroxyl groups is 2. The van der Waals surface area contributed by atoms with Gasteiger partial charge in [0.2, 0.25) is 0 Å². The minimum absolute atomic E-state index is 0. The van der Waals surface area contributed by atoms with Crippen LogP contribution in [0.5, 0.6) is 0 Å². The van der Waals surface area contributed by atoms with Gasteiger partial charge in [-0.2, -0.15) is 0 Å². The maximum atomic E-state index is 8.74. The topological polar surface area (TPSA) is 121 Å². The molecule has 0 spiro atoms. The summed E-state index contributed by atoms with van der Waals surface area (Å²) in [5.74, 6) is 0. The molecule has 2 N–H and O–H groups in total. The van der Waals surface area contributed by atoms with Crippen molar-refractivity contribution in [3.8, 4) is 0 Å². The van der Waals surface area contributed by atoms with E-state index >= 15 is 0 Å². The Morgan fingerprint density at radius 2 is 1.60 bits per heavy atom. The summed E-state index contributed by atoms with van der Waals surface area (Å²) in [7, 11) is -5.17. The summed E-state index contributed by atoms with van der Waals surface area (Å²) in [6.45, 7) is 1.96. The van der Waals surface area contributed by atoms with Crippen LogP contribution < -0.4 is 59.1 Å². The Labute approximate surface area is 135 Å². The van der Waals surface area contributed by atoms with E-state index in [0.29, 0.717) is 0 Å². The Morgan fingerprint density at radius 1 is 1.27 bits per heavy atom. The average molecular weight is 260 g/mol. The van der Waals surface area contributed by atoms with Gasteiger partial charge >= 0.3 is 59.1 Å². The van der Waals surface area contributed by atoms with Crippen molar-refractivity contribution in [3.05, 3.63) is 0 Å². The van der Waals surface area contributed by atoms with Crippen molar-refractivity contribution in [3.63, 3.8) is 0 Å². The van der Waals surface area contributed by atoms with Crippen molar-refractivity contribution in [1.82, 2.24) is 0 Å². The molecule has 6 nitrogen and oxygen atoms in total. The van der Waals surface area contributed by atoms with Gasteiger partial charge in [-0.3, -0.25) is 8.42 Å². The summed E-state index contributed by atoms with van der Waals surface area (Å²) in [5.41, 5.74) is 0. The maximum Gasteiger partial charge on any atom is 1.00 e. The van der Waals surface area contributed by atoms with Gasteiger partial charge in [-0.25, -0.2) is 0 Å². The molecule has 0 fully saturated rings. The fourth-order valence-electron chi connectivity index (χ4n) is 0.531. The molecule has 0 aliphatic carbocycles. The largest absolute Gasteiger partial charge is 1.00 e. The quantitative estimate of drug-likeness (QED) is 0.294. The molecule has 15 heavy (non-hydrogen) atoms. The second-order valence-corrected chi connectivity index (χ2v) is 3.20. The number of rotatable bonds is 4. The van der Waals surface area contributed by atoms with E-state index in [2.05, 4.69) is 6.92 Å². The van der Waals surface area contributed by atoms with Gasteiger partial charge in [-0.1, -0.05) is 19.8 Å². The van der Waals surface area contributed by atoms with Gasteiger partial charge in [-0.05, 0) is 6.42 Å². The van der Waals surface area contributed by atoms with Crippen LogP contribution in [0.2, 0.25) is 0 Å². The molecule has 0 saturated carbocycles. The van der Waals surface area contributed by atoms with Gasteiger partial charge in [-0.15, -0.1) is 0 Å². The van der Waals surface area contributed by atoms with Crippen molar-refractivity contribution in [2.24, 2.45) is 0 Å². The molecule has 0 heterocycles. The van der Waals surface area contributed by atoms with E-state index in [0.717, 1.165) is 19.3 Å². The first-order valence-electron chi connectivity index (χ1n) is 3.76. The Hall–Kier alpha value is 1.79. The van der Waals surface area contributed by atoms with Crippen molar-refractivity contribution >= 4 is 10.4 Å². The van der Waals surface area contributed by atoms with Gasteiger partial charge in [0.1, 0.15) is 0 Å². The molecule has 9 heteroatoms. The van der Waals surface area contributed by atoms with Crippen LogP contribution in [0.3, 0.4) is 0 Å². The van der Waals surface area contributed by atoms with Crippen LogP contribution >= 0.6 is 0 Å². The molecule has 0 aromatic rings. The monoisotopic (exact) mass is 260 g/mol. The minimum Gasteiger partial charge on any atom is -0.759 e. The molecule has 0 rings (SSSR count). The molecule has 82 valence electrons. The normalized spacial score (nSPS) is 11.3. The zero-order valence-corrected chi connectivity index (χ0v) is 14.2. The van der Waals surface area contributed by atoms with Crippen LogP contribution in [0.25, 0.3) is 0 Å². The zero-order chi connectivity index (χ0) is 10.9. The molecule has 1 unspecified atom stereocenters. The summed E-state index contributed by atoms with van der Waals surface area (Å²) in [6, 6.07) is 0. The van der Waals surface area contributed by atoms with Crippen molar-refractivity contribution in [2.75, 3.05) is 6.61 Å². The molecule has 0 bridgehead atoms. The maximum absolute atomic E-state index is 8.74. The number of hydrogen-bond acceptors (Lipinski definition) is 6. The Bertz CT molecular complexity index is 188. The van der Waals surface area contributed by atoms with Crippen molar-refractivity contribution in [2.45, 2.75) is 32.3 Å². The summed E-state index contributed by atoms with van der Waals surface area (Å²) in [4.78, 5) is 0. The van der Waals surface area contributed by atoms with E-state index in [1.807, 2.05) is 0 Å². The third-order valence-corrected chi connectivity index (χ3v) is 1.10. The second-order valence-electron chi connectivity index (χ2n) is 2.39. The molecular formula is C6H14Na2O6S. The predicted molar refractivity (Wildman–Crippen MR) is 43.1 cm³/mol. The van der Waals surface area contributed by atoms with E-state index in [1.165, 1.54) is 0 Å². The van der Waals surface area contributed by atoms with Crippen molar-refractivity contribution < 1.29 is 86.9 Å². The molecule has 1 atom stereocenters. The van der Waals surface area contributed by atoms with Gasteiger partial charge < -0.3 is 19.3 Å². The predicted octanol–water partition coefficient (Wildman–Crippen LogP) is -6.80. The van der Waals surface area contributed by atoms with Gasteiger partial charge in [0.25, 0.3) is 0 Å². The average Bonchev–Trinajstić information content (AvgIpc) is 1.97. The van der Waals surface area contributed by atoms with E-state index in [4.69, 9.17) is 27.7 Å². The smallest absolute Gasteiger partial charge is 0.759 e. The molecule has 0 aromatic carbocycles. The standard InChI is InChI=1S/C6H14O2.2Na.H2O4S/c1-2-3-4-6(8)5-7;;;1-5(2,3)4/h6-8H,2-5H2,1H3;;;(H2,1,2,3,4)/q;2*+1;/p-2. The summed E-state index contributed by atoms with van der Waals surface area (Å²) in [5, 5.41) is 17.1. The van der Waals surface area contributed by atoms with Gasteiger partial charge in [0.05, 0.1) is 12.7 Å². The van der Waals surface area contributed by atoms with Crippen LogP contribution in [-0.4, -0.2) is 40.4 Å². The number of hydrogen-bond donors (Lipinski definition) is 2. The van der Waals surface area contributed by atoms with Crippen molar-refractivity contribution in [1.29, 1.82) is 0 Å².